The second-order valence-electron chi connectivity index (χ2n) is 6.84. The molecule has 0 spiro atoms. The van der Waals surface area contributed by atoms with Crippen molar-refractivity contribution in [3.05, 3.63) is 35.9 Å². The Kier molecular flexibility index (Phi) is 11.0. The Hall–Kier alpha value is -2.67. The molecule has 31 heavy (non-hydrogen) atoms. The summed E-state index contributed by atoms with van der Waals surface area (Å²) in [5.41, 5.74) is 6.19. The third-order valence-electron chi connectivity index (χ3n) is 4.35. The number of carbonyl (C=O) groups excluding carboxylic acids is 3. The van der Waals surface area contributed by atoms with Gasteiger partial charge in [0.1, 0.15) is 24.2 Å². The van der Waals surface area contributed by atoms with Crippen LogP contribution in [-0.4, -0.2) is 81.6 Å². The van der Waals surface area contributed by atoms with Gasteiger partial charge in [0.05, 0.1) is 12.7 Å². The number of aliphatic hydroxyl groups is 2. The number of thiol groups is 1. The van der Waals surface area contributed by atoms with E-state index >= 15 is 0 Å². The monoisotopic (exact) mass is 456 g/mol. The molecule has 0 bridgehead atoms. The predicted molar refractivity (Wildman–Crippen MR) is 114 cm³/mol. The van der Waals surface area contributed by atoms with Gasteiger partial charge in [0.15, 0.2) is 0 Å². The Morgan fingerprint density at radius 2 is 1.48 bits per heavy atom. The summed E-state index contributed by atoms with van der Waals surface area (Å²) in [5, 5.41) is 34.9. The van der Waals surface area contributed by atoms with Crippen LogP contribution in [0.3, 0.4) is 0 Å². The molecular formula is C19H28N4O7S. The number of benzene rings is 1. The number of aliphatic hydroxyl groups excluding tert-OH is 2. The first-order valence-electron chi connectivity index (χ1n) is 9.43. The van der Waals surface area contributed by atoms with Gasteiger partial charge in [-0.2, -0.15) is 12.6 Å². The van der Waals surface area contributed by atoms with Crippen molar-refractivity contribution in [2.45, 2.75) is 43.6 Å². The number of hydrogen-bond donors (Lipinski definition) is 8. The van der Waals surface area contributed by atoms with Gasteiger partial charge in [-0.1, -0.05) is 30.3 Å². The summed E-state index contributed by atoms with van der Waals surface area (Å²) in [6, 6.07) is 3.42. The molecule has 3 amide bonds. The first-order valence-corrected chi connectivity index (χ1v) is 10.1. The van der Waals surface area contributed by atoms with E-state index in [1.165, 1.54) is 6.92 Å². The lowest BCUT2D eigenvalue weighted by atomic mass is 10.0. The summed E-state index contributed by atoms with van der Waals surface area (Å²) >= 11 is 3.89. The molecular weight excluding hydrogens is 428 g/mol. The highest BCUT2D eigenvalue weighted by atomic mass is 32.1. The lowest BCUT2D eigenvalue weighted by Gasteiger charge is -2.24. The minimum Gasteiger partial charge on any atom is -0.480 e. The highest BCUT2D eigenvalue weighted by Crippen LogP contribution is 2.05. The summed E-state index contributed by atoms with van der Waals surface area (Å²) in [4.78, 5) is 48.4. The predicted octanol–water partition coefficient (Wildman–Crippen LogP) is -2.60. The van der Waals surface area contributed by atoms with Crippen LogP contribution in [0.1, 0.15) is 12.5 Å². The molecule has 0 heterocycles. The molecule has 5 atom stereocenters. The molecule has 5 unspecified atom stereocenters. The van der Waals surface area contributed by atoms with Crippen molar-refractivity contribution in [1.82, 2.24) is 16.0 Å². The second kappa shape index (κ2) is 12.9. The highest BCUT2D eigenvalue weighted by Gasteiger charge is 2.30. The third-order valence-corrected chi connectivity index (χ3v) is 4.72. The molecule has 1 rings (SSSR count). The number of carboxylic acid groups (broad SMARTS) is 1. The van der Waals surface area contributed by atoms with Crippen LogP contribution in [0.5, 0.6) is 0 Å². The van der Waals surface area contributed by atoms with Crippen LogP contribution in [0.15, 0.2) is 30.3 Å². The molecule has 0 radical (unpaired) electrons. The van der Waals surface area contributed by atoms with Crippen LogP contribution >= 0.6 is 12.6 Å². The first-order chi connectivity index (χ1) is 14.6. The number of carbonyl (C=O) groups is 4. The van der Waals surface area contributed by atoms with Gasteiger partial charge < -0.3 is 37.0 Å². The van der Waals surface area contributed by atoms with Crippen molar-refractivity contribution in [1.29, 1.82) is 0 Å². The maximum atomic E-state index is 12.7. The van der Waals surface area contributed by atoms with Crippen LogP contribution < -0.4 is 21.7 Å². The van der Waals surface area contributed by atoms with Gasteiger partial charge in [-0.25, -0.2) is 4.79 Å². The zero-order valence-electron chi connectivity index (χ0n) is 16.9. The van der Waals surface area contributed by atoms with E-state index < -0.39 is 60.6 Å². The first kappa shape index (κ1) is 26.4. The van der Waals surface area contributed by atoms with Crippen molar-refractivity contribution >= 4 is 36.3 Å². The molecule has 0 saturated carbocycles. The molecule has 1 aromatic carbocycles. The maximum absolute atomic E-state index is 12.7. The number of hydrogen-bond acceptors (Lipinski definition) is 8. The topological polar surface area (TPSA) is 191 Å². The Morgan fingerprint density at radius 1 is 0.968 bits per heavy atom. The molecule has 0 aromatic heterocycles. The van der Waals surface area contributed by atoms with E-state index in [-0.39, 0.29) is 12.2 Å². The summed E-state index contributed by atoms with van der Waals surface area (Å²) < 4.78 is 0. The molecule has 0 saturated heterocycles. The summed E-state index contributed by atoms with van der Waals surface area (Å²) in [6.45, 7) is 0.497. The molecule has 11 nitrogen and oxygen atoms in total. The van der Waals surface area contributed by atoms with E-state index in [9.17, 15) is 29.4 Å². The van der Waals surface area contributed by atoms with Gasteiger partial charge in [-0.3, -0.25) is 14.4 Å². The van der Waals surface area contributed by atoms with E-state index in [1.807, 2.05) is 0 Å². The van der Waals surface area contributed by atoms with E-state index in [4.69, 9.17) is 10.8 Å². The van der Waals surface area contributed by atoms with Gasteiger partial charge in [0, 0.05) is 12.2 Å². The lowest BCUT2D eigenvalue weighted by Crippen LogP contribution is -2.59. The van der Waals surface area contributed by atoms with Crippen LogP contribution in [0, 0.1) is 0 Å². The van der Waals surface area contributed by atoms with Crippen molar-refractivity contribution in [3.63, 3.8) is 0 Å². The zero-order chi connectivity index (χ0) is 23.6. The summed E-state index contributed by atoms with van der Waals surface area (Å²) in [5.74, 6) is -3.99. The molecule has 1 aromatic rings. The second-order valence-corrected chi connectivity index (χ2v) is 7.21. The molecule has 8 N–H and O–H groups in total. The average molecular weight is 457 g/mol. The van der Waals surface area contributed by atoms with E-state index in [1.54, 1.807) is 30.3 Å². The average Bonchev–Trinajstić information content (AvgIpc) is 2.74. The Balaban J connectivity index is 2.98. The molecule has 0 aliphatic heterocycles. The summed E-state index contributed by atoms with van der Waals surface area (Å²) in [7, 11) is 0. The van der Waals surface area contributed by atoms with Gasteiger partial charge in [-0.15, -0.1) is 0 Å². The van der Waals surface area contributed by atoms with Gasteiger partial charge in [-0.05, 0) is 12.5 Å². The van der Waals surface area contributed by atoms with E-state index in [0.29, 0.717) is 5.56 Å². The van der Waals surface area contributed by atoms with Crippen LogP contribution in [0.2, 0.25) is 0 Å². The fraction of sp³-hybridized carbons (Fsp3) is 0.474. The largest absolute Gasteiger partial charge is 0.480 e. The van der Waals surface area contributed by atoms with Crippen molar-refractivity contribution in [2.75, 3.05) is 12.4 Å². The smallest absolute Gasteiger partial charge is 0.327 e. The minimum atomic E-state index is -1.44. The number of nitrogens with one attached hydrogen (secondary N) is 3. The zero-order valence-corrected chi connectivity index (χ0v) is 17.8. The van der Waals surface area contributed by atoms with E-state index in [2.05, 4.69) is 28.6 Å². The number of aliphatic carboxylic acids is 1. The van der Waals surface area contributed by atoms with Gasteiger partial charge >= 0.3 is 5.97 Å². The van der Waals surface area contributed by atoms with Crippen molar-refractivity contribution in [2.24, 2.45) is 5.73 Å². The molecule has 0 aliphatic carbocycles. The fourth-order valence-corrected chi connectivity index (χ4v) is 2.72. The molecule has 12 heteroatoms. The van der Waals surface area contributed by atoms with Crippen molar-refractivity contribution < 1.29 is 34.5 Å². The van der Waals surface area contributed by atoms with Gasteiger partial charge in [0.2, 0.25) is 17.7 Å². The fourth-order valence-electron chi connectivity index (χ4n) is 2.47. The van der Waals surface area contributed by atoms with Gasteiger partial charge in [0.25, 0.3) is 0 Å². The Labute approximate surface area is 184 Å². The van der Waals surface area contributed by atoms with Crippen LogP contribution in [-0.2, 0) is 25.6 Å². The number of carboxylic acids is 1. The van der Waals surface area contributed by atoms with Crippen LogP contribution in [0.25, 0.3) is 0 Å². The van der Waals surface area contributed by atoms with Crippen molar-refractivity contribution in [3.8, 4) is 0 Å². The lowest BCUT2D eigenvalue weighted by molar-refractivity contribution is -0.141. The SMILES string of the molecule is CC(O)C(N)C(=O)NC(CO)C(=O)NC(Cc1ccccc1)C(=O)NC(CS)C(=O)O. The number of rotatable bonds is 12. The normalized spacial score (nSPS) is 15.6. The van der Waals surface area contributed by atoms with Crippen LogP contribution in [0.4, 0.5) is 0 Å². The highest BCUT2D eigenvalue weighted by molar-refractivity contribution is 7.80. The molecule has 0 aliphatic rings. The standard InChI is InChI=1S/C19H28N4O7S/c1-10(25)15(20)18(28)22-13(8-24)17(27)21-12(7-11-5-3-2-4-6-11)16(26)23-14(9-31)19(29)30/h2-6,10,12-15,24-25,31H,7-9,20H2,1H3,(H,21,27)(H,22,28)(H,23,26)(H,29,30). The maximum Gasteiger partial charge on any atom is 0.327 e. The number of amides is 3. The molecule has 172 valence electrons. The third kappa shape index (κ3) is 8.53. The summed E-state index contributed by atoms with van der Waals surface area (Å²) in [6.07, 6.45) is -1.16. The number of nitrogens with two attached hydrogens (primary N) is 1. The van der Waals surface area contributed by atoms with E-state index in [0.717, 1.165) is 0 Å². The Bertz CT molecular complexity index is 763. The Morgan fingerprint density at radius 3 is 1.97 bits per heavy atom. The quantitative estimate of drug-likeness (QED) is 0.157. The minimum absolute atomic E-state index is 0.0244. The molecule has 0 fully saturated rings.